The van der Waals surface area contributed by atoms with Gasteiger partial charge in [-0.1, -0.05) is 55.8 Å². The lowest BCUT2D eigenvalue weighted by molar-refractivity contribution is -0.355. The summed E-state index contributed by atoms with van der Waals surface area (Å²) in [6.45, 7) is 12.9. The minimum absolute atomic E-state index is 0.0917. The van der Waals surface area contributed by atoms with Crippen molar-refractivity contribution in [1.82, 2.24) is 0 Å². The van der Waals surface area contributed by atoms with E-state index in [1.165, 1.54) is 20.1 Å². The fraction of sp³-hybridized carbons (Fsp3) is 0.793. The molecule has 19 heteroatoms. The maximum atomic E-state index is 13.6. The van der Waals surface area contributed by atoms with E-state index in [0.29, 0.717) is 51.4 Å². The zero-order chi connectivity index (χ0) is 55.4. The lowest BCUT2D eigenvalue weighted by atomic mass is 9.43. The molecule has 0 radical (unpaired) electrons. The molecule has 4 aliphatic heterocycles. The Morgan fingerprint density at radius 1 is 0.662 bits per heavy atom. The molecule has 432 valence electrons. The number of aliphatic hydroxyl groups excluding tert-OH is 2. The number of hydrogen-bond donors (Lipinski definition) is 4. The Balaban J connectivity index is 0.802. The van der Waals surface area contributed by atoms with Gasteiger partial charge in [0.05, 0.1) is 48.8 Å². The molecular formula is C58H86O19. The Bertz CT molecular complexity index is 2250. The molecular weight excluding hydrogens is 1000 g/mol. The Morgan fingerprint density at radius 3 is 1.77 bits per heavy atom. The van der Waals surface area contributed by atoms with Crippen molar-refractivity contribution >= 4 is 17.8 Å². The van der Waals surface area contributed by atoms with Crippen LogP contribution in [-0.4, -0.2) is 189 Å². The van der Waals surface area contributed by atoms with E-state index in [-0.39, 0.29) is 24.7 Å². The van der Waals surface area contributed by atoms with E-state index in [9.17, 15) is 30.0 Å². The van der Waals surface area contributed by atoms with Gasteiger partial charge >= 0.3 is 5.97 Å². The van der Waals surface area contributed by atoms with Crippen LogP contribution in [-0.2, 0) is 71.2 Å². The largest absolute Gasteiger partial charge is 0.458 e. The highest BCUT2D eigenvalue weighted by Crippen LogP contribution is 2.70. The second-order valence-corrected chi connectivity index (χ2v) is 23.6. The molecule has 19 nitrogen and oxygen atoms in total. The first kappa shape index (κ1) is 58.8. The smallest absolute Gasteiger partial charge is 0.331 e. The number of carbonyl (C=O) groups excluding carboxylic acids is 2. The van der Waals surface area contributed by atoms with Crippen molar-refractivity contribution in [3.8, 4) is 0 Å². The number of hydrogen-bond acceptors (Lipinski definition) is 19. The molecule has 0 amide bonds. The maximum absolute atomic E-state index is 13.6. The van der Waals surface area contributed by atoms with Crippen LogP contribution in [0.3, 0.4) is 0 Å². The molecule has 4 N–H and O–H groups in total. The van der Waals surface area contributed by atoms with Crippen LogP contribution in [0.4, 0.5) is 0 Å². The number of ether oxygens (including phenoxy) is 13. The second kappa shape index (κ2) is 23.6. The monoisotopic (exact) mass is 1090 g/mol. The normalized spacial score (nSPS) is 48.1. The average Bonchev–Trinajstić information content (AvgIpc) is 3.86. The molecule has 7 fully saturated rings. The van der Waals surface area contributed by atoms with Crippen LogP contribution in [0.25, 0.3) is 6.08 Å². The third-order valence-electron chi connectivity index (χ3n) is 19.5. The molecule has 1 aromatic rings. The summed E-state index contributed by atoms with van der Waals surface area (Å²) in [6.07, 6.45) is -3.10. The first-order chi connectivity index (χ1) is 36.6. The predicted molar refractivity (Wildman–Crippen MR) is 275 cm³/mol. The van der Waals surface area contributed by atoms with Gasteiger partial charge in [0.2, 0.25) is 0 Å². The van der Waals surface area contributed by atoms with Crippen LogP contribution in [0, 0.1) is 22.7 Å². The lowest BCUT2D eigenvalue weighted by Crippen LogP contribution is -2.75. The van der Waals surface area contributed by atoms with E-state index < -0.39 is 150 Å². The van der Waals surface area contributed by atoms with Crippen molar-refractivity contribution in [3.63, 3.8) is 0 Å². The van der Waals surface area contributed by atoms with Crippen LogP contribution in [0.2, 0.25) is 0 Å². The van der Waals surface area contributed by atoms with Crippen molar-refractivity contribution < 1.29 is 91.6 Å². The number of aliphatic hydroxyl groups is 4. The van der Waals surface area contributed by atoms with E-state index >= 15 is 0 Å². The predicted octanol–water partition coefficient (Wildman–Crippen LogP) is 5.09. The molecule has 0 spiro atoms. The zero-order valence-electron chi connectivity index (χ0n) is 46.7. The van der Waals surface area contributed by atoms with Crippen LogP contribution >= 0.6 is 0 Å². The average molecular weight is 1090 g/mol. The summed E-state index contributed by atoms with van der Waals surface area (Å²) in [4.78, 5) is 26.9. The van der Waals surface area contributed by atoms with E-state index in [4.69, 9.17) is 61.6 Å². The van der Waals surface area contributed by atoms with Gasteiger partial charge in [0, 0.05) is 71.0 Å². The summed E-state index contributed by atoms with van der Waals surface area (Å²) >= 11 is 0. The van der Waals surface area contributed by atoms with Crippen LogP contribution in [0.1, 0.15) is 118 Å². The number of Topliss-reactive ketones (excluding diaryl/α,β-unsaturated/α-hetero) is 1. The first-order valence-electron chi connectivity index (χ1n) is 27.9. The summed E-state index contributed by atoms with van der Waals surface area (Å²) < 4.78 is 81.2. The second-order valence-electron chi connectivity index (χ2n) is 23.6. The Morgan fingerprint density at radius 2 is 1.22 bits per heavy atom. The van der Waals surface area contributed by atoms with Gasteiger partial charge in [-0.2, -0.15) is 0 Å². The molecule has 4 heterocycles. The summed E-state index contributed by atoms with van der Waals surface area (Å²) in [5, 5.41) is 47.3. The fourth-order valence-electron chi connectivity index (χ4n) is 15.1. The van der Waals surface area contributed by atoms with Gasteiger partial charge in [-0.25, -0.2) is 4.79 Å². The molecule has 0 aromatic heterocycles. The fourth-order valence-corrected chi connectivity index (χ4v) is 15.1. The maximum Gasteiger partial charge on any atom is 0.331 e. The summed E-state index contributed by atoms with van der Waals surface area (Å²) in [6, 6.07) is 9.46. The molecule has 25 atom stereocenters. The topological polar surface area (TPSA) is 235 Å². The molecule has 0 bridgehead atoms. The van der Waals surface area contributed by atoms with Gasteiger partial charge in [-0.15, -0.1) is 0 Å². The standard InChI is InChI=1S/C58H86O19/c1-30(59)38-21-24-58(64)56(38,7)43(74-44(60)18-17-35-15-13-12-14-16-35)29-42-55(6)22-20-37(25-36(55)19-23-57(42,58)63)73-45-26-39(65-8)50(32(3)69-45)75-46-27-40(66-9)51(33(4)70-46)76-47-28-41(67-10)52(34(5)71-47)77-54-49(62)53(68-11)48(61)31(2)72-54/h12-19,31-34,37-43,45-54,61-64H,20-29H2,1-11H3/t31-,32-,33-,34-,37+,38+,39+,40+,41-,42-,43-,45+,46+,47+,48-,49-,50-,51-,52-,53+,54+,55+,56+,57+,58-/m1/s1. The van der Waals surface area contributed by atoms with Crippen molar-refractivity contribution in [3.05, 3.63) is 53.6 Å². The van der Waals surface area contributed by atoms with Crippen LogP contribution in [0.5, 0.6) is 0 Å². The molecule has 4 saturated heterocycles. The van der Waals surface area contributed by atoms with Crippen LogP contribution in [0.15, 0.2) is 48.1 Å². The molecule has 8 aliphatic rings. The zero-order valence-corrected chi connectivity index (χ0v) is 46.7. The number of rotatable bonds is 16. The SMILES string of the molecule is CO[C@@H]1[C@@H](O)[C@H](O[C@@H]2[C@@H](C)O[C@@H](O[C@H]3[C@@H](OC)C[C@H](O[C@H]4[C@@H](OC)C[C@H](O[C@H]5CC[C@@]6(C)C(=CC[C@]7(O)[C@@H]6C[C@@H](OC(=O)C=Cc6ccccc6)[C@]6(C)[C@H](C(C)=O)CC[C@@]67O)C5)O[C@@H]4C)O[C@@H]3C)C[C@H]2OC)O[C@H](C)[C@H]1O. The van der Waals surface area contributed by atoms with Gasteiger partial charge in [-0.05, 0) is 96.6 Å². The van der Waals surface area contributed by atoms with Gasteiger partial charge in [-0.3, -0.25) is 4.79 Å². The summed E-state index contributed by atoms with van der Waals surface area (Å²) in [5.74, 6) is -1.71. The highest BCUT2D eigenvalue weighted by atomic mass is 16.8. The van der Waals surface area contributed by atoms with Gasteiger partial charge < -0.3 is 82.0 Å². The van der Waals surface area contributed by atoms with Crippen molar-refractivity contribution in [2.24, 2.45) is 22.7 Å². The Kier molecular flexibility index (Phi) is 18.0. The third kappa shape index (κ3) is 10.9. The molecule has 4 aliphatic carbocycles. The minimum atomic E-state index is -1.69. The number of carbonyl (C=O) groups is 2. The van der Waals surface area contributed by atoms with E-state index in [0.717, 1.165) is 11.1 Å². The van der Waals surface area contributed by atoms with E-state index in [1.807, 2.05) is 58.0 Å². The van der Waals surface area contributed by atoms with E-state index in [1.54, 1.807) is 34.3 Å². The van der Waals surface area contributed by atoms with Crippen molar-refractivity contribution in [2.45, 2.75) is 241 Å². The Hall–Kier alpha value is -2.80. The van der Waals surface area contributed by atoms with Gasteiger partial charge in [0.1, 0.15) is 59.7 Å². The van der Waals surface area contributed by atoms with Crippen molar-refractivity contribution in [1.29, 1.82) is 0 Å². The molecule has 9 rings (SSSR count). The molecule has 3 saturated carbocycles. The highest BCUT2D eigenvalue weighted by Gasteiger charge is 2.77. The summed E-state index contributed by atoms with van der Waals surface area (Å²) in [7, 11) is 6.27. The first-order valence-corrected chi connectivity index (χ1v) is 27.9. The van der Waals surface area contributed by atoms with Crippen LogP contribution < -0.4 is 0 Å². The van der Waals surface area contributed by atoms with Gasteiger partial charge in [0.25, 0.3) is 0 Å². The molecule has 0 unspecified atom stereocenters. The minimum Gasteiger partial charge on any atom is -0.458 e. The quantitative estimate of drug-likeness (QED) is 0.0959. The summed E-state index contributed by atoms with van der Waals surface area (Å²) in [5.41, 5.74) is -3.04. The number of fused-ring (bicyclic) bond motifs is 5. The Labute approximate surface area is 453 Å². The number of methoxy groups -OCH3 is 4. The number of benzene rings is 1. The number of esters is 1. The molecule has 1 aromatic carbocycles. The highest BCUT2D eigenvalue weighted by molar-refractivity contribution is 5.87. The molecule has 77 heavy (non-hydrogen) atoms. The lowest BCUT2D eigenvalue weighted by Gasteiger charge is -2.66. The third-order valence-corrected chi connectivity index (χ3v) is 19.5. The van der Waals surface area contributed by atoms with Crippen molar-refractivity contribution in [2.75, 3.05) is 28.4 Å². The number of ketones is 1. The van der Waals surface area contributed by atoms with E-state index in [2.05, 4.69) is 13.0 Å². The van der Waals surface area contributed by atoms with Gasteiger partial charge in [0.15, 0.2) is 25.2 Å².